The summed E-state index contributed by atoms with van der Waals surface area (Å²) in [5.41, 5.74) is 3.43. The molecule has 0 aliphatic heterocycles. The molecule has 0 aliphatic rings. The zero-order valence-corrected chi connectivity index (χ0v) is 12.5. The topological polar surface area (TPSA) is 34.1 Å². The molecule has 0 aliphatic carbocycles. The number of benzene rings is 1. The SMILES string of the molecule is COCCc1ccccc1NCc1ccc(Br)cn1. The Morgan fingerprint density at radius 2 is 2.05 bits per heavy atom. The van der Waals surface area contributed by atoms with Gasteiger partial charge in [0, 0.05) is 23.5 Å². The molecule has 1 aromatic carbocycles. The second kappa shape index (κ2) is 7.26. The van der Waals surface area contributed by atoms with Gasteiger partial charge in [-0.3, -0.25) is 4.98 Å². The van der Waals surface area contributed by atoms with Crippen LogP contribution >= 0.6 is 15.9 Å². The summed E-state index contributed by atoms with van der Waals surface area (Å²) in [6, 6.07) is 12.3. The van der Waals surface area contributed by atoms with Gasteiger partial charge >= 0.3 is 0 Å². The van der Waals surface area contributed by atoms with Crippen LogP contribution in [0.4, 0.5) is 5.69 Å². The lowest BCUT2D eigenvalue weighted by Crippen LogP contribution is -2.05. The Labute approximate surface area is 122 Å². The third-order valence-electron chi connectivity index (χ3n) is 2.84. The number of ether oxygens (including phenoxy) is 1. The monoisotopic (exact) mass is 320 g/mol. The van der Waals surface area contributed by atoms with E-state index in [1.165, 1.54) is 5.56 Å². The number of aromatic nitrogens is 1. The van der Waals surface area contributed by atoms with Crippen LogP contribution in [0.15, 0.2) is 47.1 Å². The second-order valence-electron chi connectivity index (χ2n) is 4.22. The zero-order chi connectivity index (χ0) is 13.5. The summed E-state index contributed by atoms with van der Waals surface area (Å²) in [4.78, 5) is 4.35. The first-order valence-corrected chi connectivity index (χ1v) is 7.00. The molecule has 19 heavy (non-hydrogen) atoms. The molecule has 1 N–H and O–H groups in total. The molecule has 2 rings (SSSR count). The summed E-state index contributed by atoms with van der Waals surface area (Å²) in [7, 11) is 1.72. The molecule has 0 spiro atoms. The van der Waals surface area contributed by atoms with Gasteiger partial charge in [-0.15, -0.1) is 0 Å². The minimum atomic E-state index is 0.720. The molecule has 0 bridgehead atoms. The molecule has 0 saturated heterocycles. The molecule has 0 fully saturated rings. The number of pyridine rings is 1. The molecule has 3 nitrogen and oxygen atoms in total. The predicted molar refractivity (Wildman–Crippen MR) is 81.3 cm³/mol. The van der Waals surface area contributed by atoms with Crippen molar-refractivity contribution in [3.63, 3.8) is 0 Å². The largest absolute Gasteiger partial charge is 0.384 e. The molecule has 100 valence electrons. The Hall–Kier alpha value is -1.39. The van der Waals surface area contributed by atoms with E-state index in [0.29, 0.717) is 0 Å². The molecule has 2 aromatic rings. The van der Waals surface area contributed by atoms with E-state index >= 15 is 0 Å². The third-order valence-corrected chi connectivity index (χ3v) is 3.31. The molecule has 0 saturated carbocycles. The average Bonchev–Trinajstić information content (AvgIpc) is 2.45. The predicted octanol–water partition coefficient (Wildman–Crippen LogP) is 3.65. The van der Waals surface area contributed by atoms with Crippen LogP contribution in [0.25, 0.3) is 0 Å². The first-order valence-electron chi connectivity index (χ1n) is 6.21. The van der Waals surface area contributed by atoms with Crippen molar-refractivity contribution in [2.24, 2.45) is 0 Å². The number of anilines is 1. The highest BCUT2D eigenvalue weighted by molar-refractivity contribution is 9.10. The van der Waals surface area contributed by atoms with Crippen LogP contribution in [0.5, 0.6) is 0 Å². The van der Waals surface area contributed by atoms with Crippen LogP contribution in [-0.4, -0.2) is 18.7 Å². The fraction of sp³-hybridized carbons (Fsp3) is 0.267. The van der Waals surface area contributed by atoms with Gasteiger partial charge in [-0.05, 0) is 46.1 Å². The minimum absolute atomic E-state index is 0.720. The van der Waals surface area contributed by atoms with Crippen LogP contribution in [0, 0.1) is 0 Å². The van der Waals surface area contributed by atoms with Gasteiger partial charge in [0.05, 0.1) is 18.8 Å². The molecule has 0 unspecified atom stereocenters. The molecular weight excluding hydrogens is 304 g/mol. The summed E-state index contributed by atoms with van der Waals surface area (Å²) >= 11 is 3.38. The zero-order valence-electron chi connectivity index (χ0n) is 10.9. The summed E-state index contributed by atoms with van der Waals surface area (Å²) in [5.74, 6) is 0. The van der Waals surface area contributed by atoms with E-state index in [0.717, 1.165) is 35.4 Å². The van der Waals surface area contributed by atoms with Crippen molar-refractivity contribution < 1.29 is 4.74 Å². The lowest BCUT2D eigenvalue weighted by molar-refractivity contribution is 0.202. The summed E-state index contributed by atoms with van der Waals surface area (Å²) in [5, 5.41) is 3.42. The van der Waals surface area contributed by atoms with Gasteiger partial charge in [0.1, 0.15) is 0 Å². The Morgan fingerprint density at radius 1 is 1.21 bits per heavy atom. The average molecular weight is 321 g/mol. The van der Waals surface area contributed by atoms with Crippen molar-refractivity contribution in [1.29, 1.82) is 0 Å². The molecular formula is C15H17BrN2O. The second-order valence-corrected chi connectivity index (χ2v) is 5.14. The summed E-state index contributed by atoms with van der Waals surface area (Å²) in [6.07, 6.45) is 2.72. The maximum atomic E-state index is 5.13. The molecule has 4 heteroatoms. The number of nitrogens with one attached hydrogen (secondary N) is 1. The highest BCUT2D eigenvalue weighted by Crippen LogP contribution is 2.17. The Balaban J connectivity index is 2.00. The quantitative estimate of drug-likeness (QED) is 0.882. The smallest absolute Gasteiger partial charge is 0.0595 e. The van der Waals surface area contributed by atoms with Gasteiger partial charge in [-0.1, -0.05) is 18.2 Å². The van der Waals surface area contributed by atoms with Gasteiger partial charge in [-0.25, -0.2) is 0 Å². The number of para-hydroxylation sites is 1. The molecule has 1 aromatic heterocycles. The van der Waals surface area contributed by atoms with Crippen molar-refractivity contribution in [2.75, 3.05) is 19.0 Å². The van der Waals surface area contributed by atoms with Gasteiger partial charge in [0.2, 0.25) is 0 Å². The van der Waals surface area contributed by atoms with Crippen molar-refractivity contribution >= 4 is 21.6 Å². The molecule has 0 radical (unpaired) electrons. The van der Waals surface area contributed by atoms with E-state index in [1.54, 1.807) is 7.11 Å². The van der Waals surface area contributed by atoms with Crippen LogP contribution in [0.1, 0.15) is 11.3 Å². The van der Waals surface area contributed by atoms with E-state index in [4.69, 9.17) is 4.74 Å². The first-order chi connectivity index (χ1) is 9.29. The summed E-state index contributed by atoms with van der Waals surface area (Å²) in [6.45, 7) is 1.45. The van der Waals surface area contributed by atoms with E-state index in [9.17, 15) is 0 Å². The lowest BCUT2D eigenvalue weighted by atomic mass is 10.1. The minimum Gasteiger partial charge on any atom is -0.384 e. The number of methoxy groups -OCH3 is 1. The Bertz CT molecular complexity index is 514. The van der Waals surface area contributed by atoms with Gasteiger partial charge in [0.15, 0.2) is 0 Å². The van der Waals surface area contributed by atoms with Crippen LogP contribution in [-0.2, 0) is 17.7 Å². The van der Waals surface area contributed by atoms with Crippen LogP contribution in [0.2, 0.25) is 0 Å². The molecule has 1 heterocycles. The first kappa shape index (κ1) is 14.0. The maximum absolute atomic E-state index is 5.13. The lowest BCUT2D eigenvalue weighted by Gasteiger charge is -2.11. The van der Waals surface area contributed by atoms with E-state index in [-0.39, 0.29) is 0 Å². The number of hydrogen-bond acceptors (Lipinski definition) is 3. The molecule has 0 amide bonds. The van der Waals surface area contributed by atoms with Crippen molar-refractivity contribution in [2.45, 2.75) is 13.0 Å². The summed E-state index contributed by atoms with van der Waals surface area (Å²) < 4.78 is 6.13. The highest BCUT2D eigenvalue weighted by atomic mass is 79.9. The maximum Gasteiger partial charge on any atom is 0.0595 e. The number of nitrogens with zero attached hydrogens (tertiary/aromatic N) is 1. The van der Waals surface area contributed by atoms with E-state index < -0.39 is 0 Å². The number of halogens is 1. The van der Waals surface area contributed by atoms with Crippen LogP contribution in [0.3, 0.4) is 0 Å². The van der Waals surface area contributed by atoms with Gasteiger partial charge < -0.3 is 10.1 Å². The fourth-order valence-corrected chi connectivity index (χ4v) is 2.05. The van der Waals surface area contributed by atoms with Gasteiger partial charge in [0.25, 0.3) is 0 Å². The Kier molecular flexibility index (Phi) is 5.36. The number of hydrogen-bond donors (Lipinski definition) is 1. The van der Waals surface area contributed by atoms with Gasteiger partial charge in [-0.2, -0.15) is 0 Å². The fourth-order valence-electron chi connectivity index (χ4n) is 1.82. The number of rotatable bonds is 6. The van der Waals surface area contributed by atoms with Crippen molar-refractivity contribution in [3.8, 4) is 0 Å². The highest BCUT2D eigenvalue weighted by Gasteiger charge is 2.02. The normalized spacial score (nSPS) is 10.4. The Morgan fingerprint density at radius 3 is 2.79 bits per heavy atom. The van der Waals surface area contributed by atoms with Crippen molar-refractivity contribution in [1.82, 2.24) is 4.98 Å². The van der Waals surface area contributed by atoms with Crippen molar-refractivity contribution in [3.05, 3.63) is 58.3 Å². The third kappa shape index (κ3) is 4.33. The standard InChI is InChI=1S/C15H17BrN2O/c1-19-9-8-12-4-2-3-5-15(12)18-11-14-7-6-13(16)10-17-14/h2-7,10,18H,8-9,11H2,1H3. The van der Waals surface area contributed by atoms with E-state index in [1.807, 2.05) is 30.5 Å². The van der Waals surface area contributed by atoms with E-state index in [2.05, 4.69) is 38.4 Å². The van der Waals surface area contributed by atoms with Crippen LogP contribution < -0.4 is 5.32 Å². The molecule has 0 atom stereocenters.